The molecule has 0 amide bonds. The number of fused-ring (bicyclic) bond motifs is 4. The highest BCUT2D eigenvalue weighted by atomic mass is 14.9. The molecule has 168 valence electrons. The van der Waals surface area contributed by atoms with E-state index in [1.54, 1.807) is 0 Å². The molecule has 0 aliphatic carbocycles. The van der Waals surface area contributed by atoms with Crippen LogP contribution < -0.4 is 9.13 Å². The van der Waals surface area contributed by atoms with Crippen molar-refractivity contribution in [2.75, 3.05) is 0 Å². The molecule has 3 heterocycles. The van der Waals surface area contributed by atoms with Gasteiger partial charge in [0, 0.05) is 37.8 Å². The van der Waals surface area contributed by atoms with Crippen molar-refractivity contribution in [3.63, 3.8) is 0 Å². The number of aromatic nitrogens is 2. The monoisotopic (exact) mass is 428 g/mol. The van der Waals surface area contributed by atoms with Crippen molar-refractivity contribution in [3.05, 3.63) is 60.2 Å². The van der Waals surface area contributed by atoms with Crippen molar-refractivity contribution in [2.45, 2.75) is 103 Å². The summed E-state index contributed by atoms with van der Waals surface area (Å²) >= 11 is 0. The van der Waals surface area contributed by atoms with Crippen LogP contribution in [0.2, 0.25) is 0 Å². The highest BCUT2D eigenvalue weighted by Crippen LogP contribution is 2.09. The summed E-state index contributed by atoms with van der Waals surface area (Å²) in [6.45, 7) is 2.21. The first kappa shape index (κ1) is 24.1. The Hall–Kier alpha value is -2.58. The van der Waals surface area contributed by atoms with E-state index in [0.717, 1.165) is 37.1 Å². The van der Waals surface area contributed by atoms with Gasteiger partial charge in [0.25, 0.3) is 0 Å². The zero-order chi connectivity index (χ0) is 22.1. The van der Waals surface area contributed by atoms with Crippen LogP contribution in [0, 0.1) is 23.7 Å². The lowest BCUT2D eigenvalue weighted by Crippen LogP contribution is -2.33. The Kier molecular flexibility index (Phi) is 11.5. The van der Waals surface area contributed by atoms with Crippen LogP contribution in [0.3, 0.4) is 0 Å². The maximum Gasteiger partial charge on any atom is 0.184 e. The summed E-state index contributed by atoms with van der Waals surface area (Å²) < 4.78 is 4.61. The van der Waals surface area contributed by atoms with Crippen molar-refractivity contribution in [1.82, 2.24) is 0 Å². The maximum atomic E-state index is 3.37. The molecule has 2 heteroatoms. The molecule has 2 aromatic heterocycles. The largest absolute Gasteiger partial charge is 0.204 e. The molecule has 32 heavy (non-hydrogen) atoms. The van der Waals surface area contributed by atoms with E-state index >= 15 is 0 Å². The first-order valence-corrected chi connectivity index (χ1v) is 12.9. The summed E-state index contributed by atoms with van der Waals surface area (Å²) in [7, 11) is 0. The maximum absolute atomic E-state index is 3.37. The smallest absolute Gasteiger partial charge is 0.184 e. The van der Waals surface area contributed by atoms with Gasteiger partial charge in [-0.25, -0.2) is 9.13 Å². The van der Waals surface area contributed by atoms with Gasteiger partial charge in [-0.3, -0.25) is 0 Å². The first-order valence-electron chi connectivity index (χ1n) is 12.9. The first-order chi connectivity index (χ1) is 15.9. The van der Waals surface area contributed by atoms with Crippen LogP contribution in [0.15, 0.2) is 49.1 Å². The average molecular weight is 429 g/mol. The molecule has 0 radical (unpaired) electrons. The summed E-state index contributed by atoms with van der Waals surface area (Å²) in [6, 6.07) is 8.53. The molecule has 1 aliphatic rings. The van der Waals surface area contributed by atoms with Gasteiger partial charge in [-0.15, -0.1) is 0 Å². The number of hydrogen-bond donors (Lipinski definition) is 0. The Labute approximate surface area is 196 Å². The zero-order valence-electron chi connectivity index (χ0n) is 19.8. The van der Waals surface area contributed by atoms with Gasteiger partial charge < -0.3 is 0 Å². The molecule has 3 rings (SSSR count). The molecule has 0 fully saturated rings. The third-order valence-corrected chi connectivity index (χ3v) is 6.12. The second-order valence-corrected chi connectivity index (χ2v) is 9.01. The van der Waals surface area contributed by atoms with Gasteiger partial charge in [-0.05, 0) is 37.8 Å². The molecule has 0 atom stereocenters. The van der Waals surface area contributed by atoms with Crippen molar-refractivity contribution in [2.24, 2.45) is 0 Å². The number of pyridine rings is 2. The molecule has 0 unspecified atom stereocenters. The van der Waals surface area contributed by atoms with Crippen LogP contribution in [0.4, 0.5) is 0 Å². The van der Waals surface area contributed by atoms with E-state index in [9.17, 15) is 0 Å². The van der Waals surface area contributed by atoms with E-state index in [-0.39, 0.29) is 0 Å². The number of hydrogen-bond acceptors (Lipinski definition) is 0. The Morgan fingerprint density at radius 2 is 0.906 bits per heavy atom. The van der Waals surface area contributed by atoms with E-state index in [0.29, 0.717) is 0 Å². The van der Waals surface area contributed by atoms with Crippen LogP contribution in [0.25, 0.3) is 0 Å². The minimum Gasteiger partial charge on any atom is -0.204 e. The highest BCUT2D eigenvalue weighted by Gasteiger charge is 2.03. The van der Waals surface area contributed by atoms with E-state index in [4.69, 9.17) is 0 Å². The minimum atomic E-state index is 0.991. The fourth-order valence-electron chi connectivity index (χ4n) is 4.23. The third kappa shape index (κ3) is 10.2. The molecular weight excluding hydrogens is 388 g/mol. The standard InChI is InChI=1S/C30H40N2/c1-2-6-10-14-20-30-22-18-26-32(28-30)24-16-12-8-4-3-7-11-15-23-31-25-17-21-29(27-31)19-13-9-5-1/h17-18,21-22,25-28H,1-12,15-16,23-24H2/q+2. The SMILES string of the molecule is C1#Cc2ccc[n+](c2)CCCCCCCCCC[n+]2cccc(c2)C#CCCCCCC1. The second-order valence-electron chi connectivity index (χ2n) is 9.01. The number of rotatable bonds is 0. The van der Waals surface area contributed by atoms with E-state index in [1.165, 1.54) is 77.0 Å². The summed E-state index contributed by atoms with van der Waals surface area (Å²) in [6.07, 6.45) is 26.3. The summed E-state index contributed by atoms with van der Waals surface area (Å²) in [5.74, 6) is 13.4. The van der Waals surface area contributed by atoms with Gasteiger partial charge in [-0.2, -0.15) is 0 Å². The minimum absolute atomic E-state index is 0.991. The summed E-state index contributed by atoms with van der Waals surface area (Å²) in [4.78, 5) is 0. The molecule has 0 spiro atoms. The molecule has 0 saturated heterocycles. The lowest BCUT2D eigenvalue weighted by Gasteiger charge is -2.02. The summed E-state index contributed by atoms with van der Waals surface area (Å²) in [5, 5.41) is 0. The molecule has 1 aliphatic heterocycles. The molecule has 2 nitrogen and oxygen atoms in total. The lowest BCUT2D eigenvalue weighted by molar-refractivity contribution is -0.697. The lowest BCUT2D eigenvalue weighted by atomic mass is 10.1. The third-order valence-electron chi connectivity index (χ3n) is 6.12. The molecule has 0 aromatic carbocycles. The Balaban J connectivity index is 1.50. The number of nitrogens with zero attached hydrogens (tertiary/aromatic N) is 2. The molecule has 2 aromatic rings. The van der Waals surface area contributed by atoms with Crippen molar-refractivity contribution in [1.29, 1.82) is 0 Å². The second kappa shape index (κ2) is 15.3. The van der Waals surface area contributed by atoms with Gasteiger partial charge in [-0.1, -0.05) is 62.2 Å². The van der Waals surface area contributed by atoms with Crippen LogP contribution in [0.1, 0.15) is 101 Å². The van der Waals surface area contributed by atoms with Crippen LogP contribution in [0.5, 0.6) is 0 Å². The predicted molar refractivity (Wildman–Crippen MR) is 132 cm³/mol. The molecule has 0 saturated carbocycles. The van der Waals surface area contributed by atoms with Gasteiger partial charge in [0.2, 0.25) is 0 Å². The Morgan fingerprint density at radius 1 is 0.500 bits per heavy atom. The Morgan fingerprint density at radius 3 is 1.38 bits per heavy atom. The molecule has 0 N–H and O–H groups in total. The van der Waals surface area contributed by atoms with E-state index in [2.05, 4.69) is 81.9 Å². The van der Waals surface area contributed by atoms with Gasteiger partial charge >= 0.3 is 0 Å². The molecule has 4 bridgehead atoms. The van der Waals surface area contributed by atoms with Gasteiger partial charge in [0.1, 0.15) is 13.1 Å². The zero-order valence-corrected chi connectivity index (χ0v) is 19.8. The predicted octanol–water partition coefficient (Wildman–Crippen LogP) is 6.14. The average Bonchev–Trinajstić information content (AvgIpc) is 2.81. The Bertz CT molecular complexity index is 845. The quantitative estimate of drug-likeness (QED) is 0.352. The normalized spacial score (nSPS) is 17.2. The van der Waals surface area contributed by atoms with Crippen molar-refractivity contribution in [3.8, 4) is 23.7 Å². The number of aryl methyl sites for hydroxylation is 2. The van der Waals surface area contributed by atoms with Crippen LogP contribution in [-0.4, -0.2) is 0 Å². The van der Waals surface area contributed by atoms with Crippen LogP contribution >= 0.6 is 0 Å². The van der Waals surface area contributed by atoms with Gasteiger partial charge in [0.15, 0.2) is 24.8 Å². The fourth-order valence-corrected chi connectivity index (χ4v) is 4.23. The summed E-state index contributed by atoms with van der Waals surface area (Å²) in [5.41, 5.74) is 2.29. The topological polar surface area (TPSA) is 7.76 Å². The fraction of sp³-hybridized carbons (Fsp3) is 0.533. The van der Waals surface area contributed by atoms with Crippen molar-refractivity contribution < 1.29 is 9.13 Å². The van der Waals surface area contributed by atoms with E-state index < -0.39 is 0 Å². The highest BCUT2D eigenvalue weighted by molar-refractivity contribution is 5.30. The molecular formula is C30H40N2+2. The van der Waals surface area contributed by atoms with E-state index in [1.807, 2.05) is 0 Å². The van der Waals surface area contributed by atoms with Gasteiger partial charge in [0.05, 0.1) is 11.1 Å². The van der Waals surface area contributed by atoms with Crippen LogP contribution in [-0.2, 0) is 13.1 Å². The van der Waals surface area contributed by atoms with Crippen molar-refractivity contribution >= 4 is 0 Å².